The Morgan fingerprint density at radius 1 is 1.16 bits per heavy atom. The van der Waals surface area contributed by atoms with Crippen LogP contribution in [-0.2, 0) is 11.0 Å². The number of aromatic nitrogens is 2. The van der Waals surface area contributed by atoms with Crippen molar-refractivity contribution in [1.82, 2.24) is 20.0 Å². The molecule has 0 radical (unpaired) electrons. The number of halogens is 3. The minimum absolute atomic E-state index is 0.0895. The molecule has 7 nitrogen and oxygen atoms in total. The highest BCUT2D eigenvalue weighted by Crippen LogP contribution is 2.30. The number of rotatable bonds is 4. The van der Waals surface area contributed by atoms with Gasteiger partial charge in [-0.15, -0.1) is 0 Å². The Hall–Kier alpha value is -3.17. The molecule has 1 aromatic heterocycles. The molecule has 2 aromatic rings. The molecule has 2 fully saturated rings. The number of likely N-dealkylation sites (tertiary alicyclic amines) is 1. The minimum Gasteiger partial charge on any atom is -0.353 e. The lowest BCUT2D eigenvalue weighted by Crippen LogP contribution is -2.47. The molecule has 1 aromatic carbocycles. The number of piperidine rings is 1. The molecule has 1 saturated heterocycles. The number of benzene rings is 1. The lowest BCUT2D eigenvalue weighted by atomic mass is 9.96. The van der Waals surface area contributed by atoms with Gasteiger partial charge in [0.1, 0.15) is 0 Å². The smallest absolute Gasteiger partial charge is 0.353 e. The standard InChI is InChI=1S/C22H23F3N4O3/c1-13-10-18(30)19(27-29(13)17-6-2-5-15(11-17)22(23,24)25)21(32)28-9-3-4-14(12-28)20(31)26-16-7-8-16/h2,5-6,10-11,14,16H,3-4,7-9,12H2,1H3,(H,26,31)/t14-/m1/s1. The summed E-state index contributed by atoms with van der Waals surface area (Å²) in [5, 5.41) is 7.05. The van der Waals surface area contributed by atoms with Gasteiger partial charge in [0.2, 0.25) is 11.3 Å². The van der Waals surface area contributed by atoms with E-state index in [1.165, 1.54) is 30.0 Å². The molecular formula is C22H23F3N4O3. The van der Waals surface area contributed by atoms with Crippen molar-refractivity contribution in [3.8, 4) is 5.69 Å². The summed E-state index contributed by atoms with van der Waals surface area (Å²) in [5.74, 6) is -1.08. The summed E-state index contributed by atoms with van der Waals surface area (Å²) < 4.78 is 40.5. The lowest BCUT2D eigenvalue weighted by Gasteiger charge is -2.31. The van der Waals surface area contributed by atoms with E-state index in [0.717, 1.165) is 29.7 Å². The summed E-state index contributed by atoms with van der Waals surface area (Å²) in [7, 11) is 0. The normalized spacial score (nSPS) is 19.0. The van der Waals surface area contributed by atoms with Crippen LogP contribution in [0.15, 0.2) is 35.1 Å². The molecule has 2 heterocycles. The zero-order valence-corrected chi connectivity index (χ0v) is 17.5. The van der Waals surface area contributed by atoms with Crippen molar-refractivity contribution in [1.29, 1.82) is 0 Å². The van der Waals surface area contributed by atoms with Crippen LogP contribution in [-0.4, -0.2) is 45.6 Å². The van der Waals surface area contributed by atoms with E-state index in [0.29, 0.717) is 25.1 Å². The number of carbonyl (C=O) groups excluding carboxylic acids is 2. The molecular weight excluding hydrogens is 425 g/mol. The van der Waals surface area contributed by atoms with Crippen molar-refractivity contribution in [3.63, 3.8) is 0 Å². The van der Waals surface area contributed by atoms with Crippen LogP contribution < -0.4 is 10.7 Å². The Morgan fingerprint density at radius 3 is 2.59 bits per heavy atom. The zero-order chi connectivity index (χ0) is 23.0. The Labute approximate surface area is 182 Å². The van der Waals surface area contributed by atoms with Crippen molar-refractivity contribution in [2.24, 2.45) is 5.92 Å². The number of amides is 2. The number of hydrogen-bond donors (Lipinski definition) is 1. The quantitative estimate of drug-likeness (QED) is 0.780. The van der Waals surface area contributed by atoms with Crippen LogP contribution in [0.5, 0.6) is 0 Å². The Kier molecular flexibility index (Phi) is 5.79. The summed E-state index contributed by atoms with van der Waals surface area (Å²) in [6, 6.07) is 5.92. The molecule has 1 N–H and O–H groups in total. The van der Waals surface area contributed by atoms with E-state index in [2.05, 4.69) is 10.4 Å². The number of aryl methyl sites for hydroxylation is 1. The maximum absolute atomic E-state index is 13.1. The Balaban J connectivity index is 1.60. The van der Waals surface area contributed by atoms with Gasteiger partial charge in [-0.1, -0.05) is 6.07 Å². The van der Waals surface area contributed by atoms with Gasteiger partial charge in [0.25, 0.3) is 5.91 Å². The highest BCUT2D eigenvalue weighted by molar-refractivity contribution is 5.92. The fraction of sp³-hybridized carbons (Fsp3) is 0.455. The average Bonchev–Trinajstić information content (AvgIpc) is 3.57. The molecule has 10 heteroatoms. The first-order chi connectivity index (χ1) is 15.1. The van der Waals surface area contributed by atoms with Crippen molar-refractivity contribution in [2.45, 2.75) is 44.8 Å². The predicted octanol–water partition coefficient (Wildman–Crippen LogP) is 2.69. The molecule has 1 atom stereocenters. The topological polar surface area (TPSA) is 84.3 Å². The second kappa shape index (κ2) is 8.40. The summed E-state index contributed by atoms with van der Waals surface area (Å²) in [5.41, 5.74) is -1.46. The van der Waals surface area contributed by atoms with Gasteiger partial charge in [-0.3, -0.25) is 14.4 Å². The van der Waals surface area contributed by atoms with Gasteiger partial charge in [0.05, 0.1) is 17.2 Å². The van der Waals surface area contributed by atoms with Crippen LogP contribution in [0.4, 0.5) is 13.2 Å². The third-order valence-corrected chi connectivity index (χ3v) is 5.73. The first-order valence-corrected chi connectivity index (χ1v) is 10.5. The molecule has 170 valence electrons. The Bertz CT molecular complexity index is 1110. The minimum atomic E-state index is -4.54. The van der Waals surface area contributed by atoms with Gasteiger partial charge in [0, 0.05) is 30.9 Å². The van der Waals surface area contributed by atoms with E-state index < -0.39 is 23.1 Å². The first kappa shape index (κ1) is 22.0. The fourth-order valence-corrected chi connectivity index (χ4v) is 3.84. The van der Waals surface area contributed by atoms with E-state index in [1.807, 2.05) is 0 Å². The fourth-order valence-electron chi connectivity index (χ4n) is 3.84. The van der Waals surface area contributed by atoms with E-state index in [-0.39, 0.29) is 35.8 Å². The number of hydrogen-bond acceptors (Lipinski definition) is 4. The molecule has 2 aliphatic rings. The number of nitrogens with one attached hydrogen (secondary N) is 1. The number of nitrogens with zero attached hydrogens (tertiary/aromatic N) is 3. The molecule has 4 rings (SSSR count). The number of alkyl halides is 3. The van der Waals surface area contributed by atoms with Crippen molar-refractivity contribution in [3.05, 3.63) is 57.5 Å². The maximum atomic E-state index is 13.1. The highest BCUT2D eigenvalue weighted by Gasteiger charge is 2.34. The van der Waals surface area contributed by atoms with E-state index in [4.69, 9.17) is 0 Å². The van der Waals surface area contributed by atoms with Crippen LogP contribution in [0.1, 0.15) is 47.4 Å². The molecule has 0 bridgehead atoms. The van der Waals surface area contributed by atoms with Crippen LogP contribution in [0.2, 0.25) is 0 Å². The lowest BCUT2D eigenvalue weighted by molar-refractivity contribution is -0.137. The van der Waals surface area contributed by atoms with Crippen molar-refractivity contribution in [2.75, 3.05) is 13.1 Å². The Morgan fingerprint density at radius 2 is 1.91 bits per heavy atom. The molecule has 1 aliphatic heterocycles. The molecule has 32 heavy (non-hydrogen) atoms. The summed E-state index contributed by atoms with van der Waals surface area (Å²) in [6.07, 6.45) is -1.35. The molecule has 0 spiro atoms. The second-order valence-electron chi connectivity index (χ2n) is 8.33. The average molecular weight is 448 g/mol. The van der Waals surface area contributed by atoms with Gasteiger partial charge in [0.15, 0.2) is 5.69 Å². The van der Waals surface area contributed by atoms with Crippen LogP contribution in [0, 0.1) is 12.8 Å². The van der Waals surface area contributed by atoms with Gasteiger partial charge in [-0.25, -0.2) is 4.68 Å². The van der Waals surface area contributed by atoms with Gasteiger partial charge < -0.3 is 10.2 Å². The second-order valence-corrected chi connectivity index (χ2v) is 8.33. The van der Waals surface area contributed by atoms with Gasteiger partial charge in [-0.05, 0) is 50.8 Å². The molecule has 1 saturated carbocycles. The van der Waals surface area contributed by atoms with Gasteiger partial charge in [-0.2, -0.15) is 18.3 Å². The van der Waals surface area contributed by atoms with Gasteiger partial charge >= 0.3 is 6.18 Å². The van der Waals surface area contributed by atoms with E-state index >= 15 is 0 Å². The molecule has 0 unspecified atom stereocenters. The molecule has 2 amide bonds. The summed E-state index contributed by atoms with van der Waals surface area (Å²) in [4.78, 5) is 39.4. The van der Waals surface area contributed by atoms with E-state index in [1.54, 1.807) is 0 Å². The zero-order valence-electron chi connectivity index (χ0n) is 17.5. The highest BCUT2D eigenvalue weighted by atomic mass is 19.4. The monoisotopic (exact) mass is 448 g/mol. The number of carbonyl (C=O) groups is 2. The maximum Gasteiger partial charge on any atom is 0.416 e. The van der Waals surface area contributed by atoms with Crippen molar-refractivity contribution < 1.29 is 22.8 Å². The summed E-state index contributed by atoms with van der Waals surface area (Å²) in [6.45, 7) is 2.09. The summed E-state index contributed by atoms with van der Waals surface area (Å²) >= 11 is 0. The van der Waals surface area contributed by atoms with Crippen molar-refractivity contribution >= 4 is 11.8 Å². The molecule has 1 aliphatic carbocycles. The third kappa shape index (κ3) is 4.68. The van der Waals surface area contributed by atoms with E-state index in [9.17, 15) is 27.6 Å². The van der Waals surface area contributed by atoms with Crippen LogP contribution in [0.3, 0.4) is 0 Å². The predicted molar refractivity (Wildman–Crippen MR) is 109 cm³/mol. The SMILES string of the molecule is Cc1cc(=O)c(C(=O)N2CCC[C@@H](C(=O)NC3CC3)C2)nn1-c1cccc(C(F)(F)F)c1. The first-order valence-electron chi connectivity index (χ1n) is 10.5. The third-order valence-electron chi connectivity index (χ3n) is 5.73. The van der Waals surface area contributed by atoms with Crippen LogP contribution in [0.25, 0.3) is 5.69 Å². The van der Waals surface area contributed by atoms with Crippen LogP contribution >= 0.6 is 0 Å². The largest absolute Gasteiger partial charge is 0.416 e.